The van der Waals surface area contributed by atoms with E-state index < -0.39 is 30.1 Å². The van der Waals surface area contributed by atoms with Gasteiger partial charge in [0.1, 0.15) is 5.78 Å². The highest BCUT2D eigenvalue weighted by molar-refractivity contribution is 5.90. The number of amides is 2. The summed E-state index contributed by atoms with van der Waals surface area (Å²) in [5, 5.41) is 11.9. The van der Waals surface area contributed by atoms with Gasteiger partial charge in [-0.15, -0.1) is 10.2 Å². The van der Waals surface area contributed by atoms with E-state index in [-0.39, 0.29) is 78.4 Å². The topological polar surface area (TPSA) is 144 Å². The van der Waals surface area contributed by atoms with Gasteiger partial charge in [-0.05, 0) is 61.8 Å². The highest BCUT2D eigenvalue weighted by Crippen LogP contribution is 2.33. The molecule has 1 aliphatic heterocycles. The SMILES string of the molecule is CC[C@H](C)[C@@H]([C@@H](CC(=O)N1CCC[C@H]1[C@H](OC)[C@@H](C)C(=O)C[C@H](Cc1ccccc1)c1nnc(-c2ccccc2)o1)OC)N(C)C(=O)[C@@H](CC(=O)[C@@H](NC)C(C)C)C(C)C. The minimum absolute atomic E-state index is 0.00568. The number of hydrogen-bond donors (Lipinski definition) is 1. The molecule has 4 rings (SSSR count). The molecular formula is C48H71N5O7. The first-order valence-corrected chi connectivity index (χ1v) is 21.9. The maximum atomic E-state index is 14.4. The quantitative estimate of drug-likeness (QED) is 0.0969. The van der Waals surface area contributed by atoms with Crippen LogP contribution < -0.4 is 5.32 Å². The van der Waals surface area contributed by atoms with Gasteiger partial charge in [0.25, 0.3) is 0 Å². The van der Waals surface area contributed by atoms with E-state index in [9.17, 15) is 19.2 Å². The Morgan fingerprint density at radius 3 is 2.08 bits per heavy atom. The van der Waals surface area contributed by atoms with E-state index in [1.165, 1.54) is 0 Å². The first-order chi connectivity index (χ1) is 28.7. The van der Waals surface area contributed by atoms with E-state index in [1.54, 1.807) is 33.2 Å². The fraction of sp³-hybridized carbons (Fsp3) is 0.625. The summed E-state index contributed by atoms with van der Waals surface area (Å²) in [6, 6.07) is 18.5. The Morgan fingerprint density at radius 2 is 1.52 bits per heavy atom. The molecule has 0 aliphatic carbocycles. The number of ketones is 2. The summed E-state index contributed by atoms with van der Waals surface area (Å²) in [4.78, 5) is 60.0. The van der Waals surface area contributed by atoms with Crippen LogP contribution in [0.4, 0.5) is 0 Å². The van der Waals surface area contributed by atoms with Crippen molar-refractivity contribution in [1.82, 2.24) is 25.3 Å². The van der Waals surface area contributed by atoms with Gasteiger partial charge in [-0.1, -0.05) is 103 Å². The third-order valence-corrected chi connectivity index (χ3v) is 12.8. The molecule has 0 unspecified atom stereocenters. The van der Waals surface area contributed by atoms with Crippen LogP contribution in [-0.2, 0) is 35.1 Å². The fourth-order valence-electron chi connectivity index (χ4n) is 9.09. The first kappa shape index (κ1) is 48.4. The van der Waals surface area contributed by atoms with Crippen LogP contribution in [0.3, 0.4) is 0 Å². The number of rotatable bonds is 24. The molecule has 1 aliphatic rings. The monoisotopic (exact) mass is 830 g/mol. The average Bonchev–Trinajstić information content (AvgIpc) is 3.94. The molecule has 2 aromatic carbocycles. The third-order valence-electron chi connectivity index (χ3n) is 12.8. The van der Waals surface area contributed by atoms with Gasteiger partial charge in [0, 0.05) is 64.0 Å². The van der Waals surface area contributed by atoms with Crippen LogP contribution in [0.1, 0.15) is 104 Å². The lowest BCUT2D eigenvalue weighted by Gasteiger charge is -2.41. The molecule has 1 saturated heterocycles. The standard InChI is InChI=1S/C48H71N5O7/c1-12-32(6)44(52(9)48(57)37(30(2)3)28-40(55)43(49-8)31(4)5)41(58-10)29-42(56)53-25-19-24-38(53)45(59-11)33(7)39(54)27-36(26-34-20-15-13-16-21-34)47-51-50-46(60-47)35-22-17-14-18-23-35/h13-18,20-23,30-33,36-38,41,43-45,49H,12,19,24-29H2,1-11H3/t32-,33-,36-,37-,38-,41+,43-,44-,45+/m0/s1. The number of nitrogens with one attached hydrogen (secondary N) is 1. The second-order valence-corrected chi connectivity index (χ2v) is 17.5. The van der Waals surface area contributed by atoms with Gasteiger partial charge < -0.3 is 29.0 Å². The van der Waals surface area contributed by atoms with E-state index in [1.807, 2.05) is 100 Å². The van der Waals surface area contributed by atoms with Crippen LogP contribution in [-0.4, -0.2) is 109 Å². The maximum absolute atomic E-state index is 14.4. The predicted molar refractivity (Wildman–Crippen MR) is 234 cm³/mol. The molecule has 12 heteroatoms. The predicted octanol–water partition coefficient (Wildman–Crippen LogP) is 7.42. The molecule has 9 atom stereocenters. The Morgan fingerprint density at radius 1 is 0.867 bits per heavy atom. The summed E-state index contributed by atoms with van der Waals surface area (Å²) in [7, 11) is 6.75. The van der Waals surface area contributed by atoms with Crippen molar-refractivity contribution >= 4 is 23.4 Å². The summed E-state index contributed by atoms with van der Waals surface area (Å²) in [6.45, 7) is 14.5. The summed E-state index contributed by atoms with van der Waals surface area (Å²) >= 11 is 0. The maximum Gasteiger partial charge on any atom is 0.247 e. The Hall–Kier alpha value is -4.26. The number of ether oxygens (including phenoxy) is 2. The molecule has 330 valence electrons. The zero-order chi connectivity index (χ0) is 44.1. The van der Waals surface area contributed by atoms with Crippen molar-refractivity contribution in [1.29, 1.82) is 0 Å². The second-order valence-electron chi connectivity index (χ2n) is 17.5. The molecule has 3 aromatic rings. The molecule has 0 bridgehead atoms. The van der Waals surface area contributed by atoms with Crippen molar-refractivity contribution in [3.8, 4) is 11.5 Å². The number of aromatic nitrogens is 2. The highest BCUT2D eigenvalue weighted by Gasteiger charge is 2.43. The third kappa shape index (κ3) is 12.2. The number of carbonyl (C=O) groups is 4. The van der Waals surface area contributed by atoms with E-state index in [0.29, 0.717) is 31.2 Å². The largest absolute Gasteiger partial charge is 0.420 e. The highest BCUT2D eigenvalue weighted by atomic mass is 16.5. The molecule has 1 fully saturated rings. The van der Waals surface area contributed by atoms with Crippen molar-refractivity contribution in [3.63, 3.8) is 0 Å². The fourth-order valence-corrected chi connectivity index (χ4v) is 9.09. The van der Waals surface area contributed by atoms with Gasteiger partial charge in [-0.3, -0.25) is 19.2 Å². The van der Waals surface area contributed by atoms with Crippen molar-refractivity contribution in [2.24, 2.45) is 29.6 Å². The first-order valence-electron chi connectivity index (χ1n) is 21.9. The van der Waals surface area contributed by atoms with Gasteiger partial charge in [0.2, 0.25) is 23.6 Å². The molecule has 1 N–H and O–H groups in total. The molecule has 60 heavy (non-hydrogen) atoms. The lowest BCUT2D eigenvalue weighted by molar-refractivity contribution is -0.149. The number of hydrogen-bond acceptors (Lipinski definition) is 10. The smallest absolute Gasteiger partial charge is 0.247 e. The number of Topliss-reactive ketones (excluding diaryl/α,β-unsaturated/α-hetero) is 2. The number of likely N-dealkylation sites (N-methyl/N-ethyl adjacent to an activating group) is 2. The molecule has 0 spiro atoms. The van der Waals surface area contributed by atoms with Crippen LogP contribution in [0.15, 0.2) is 65.1 Å². The van der Waals surface area contributed by atoms with Crippen LogP contribution in [0, 0.1) is 29.6 Å². The summed E-state index contributed by atoms with van der Waals surface area (Å²) in [6.07, 6.45) is 1.97. The summed E-state index contributed by atoms with van der Waals surface area (Å²) in [5.41, 5.74) is 1.86. The van der Waals surface area contributed by atoms with Crippen molar-refractivity contribution < 1.29 is 33.1 Å². The zero-order valence-corrected chi connectivity index (χ0v) is 37.9. The van der Waals surface area contributed by atoms with Gasteiger partial charge >= 0.3 is 0 Å². The Balaban J connectivity index is 1.52. The van der Waals surface area contributed by atoms with Gasteiger partial charge in [0.15, 0.2) is 5.78 Å². The van der Waals surface area contributed by atoms with Gasteiger partial charge in [-0.25, -0.2) is 0 Å². The Kier molecular flexibility index (Phi) is 18.6. The van der Waals surface area contributed by atoms with Crippen molar-refractivity contribution in [2.45, 2.75) is 130 Å². The minimum Gasteiger partial charge on any atom is -0.420 e. The number of carbonyl (C=O) groups excluding carboxylic acids is 4. The Labute approximate surface area is 358 Å². The van der Waals surface area contributed by atoms with Crippen LogP contribution in [0.2, 0.25) is 0 Å². The number of benzene rings is 2. The normalized spacial score (nSPS) is 18.4. The number of likely N-dealkylation sites (tertiary alicyclic amines) is 1. The van der Waals surface area contributed by atoms with E-state index >= 15 is 0 Å². The van der Waals surface area contributed by atoms with Crippen LogP contribution in [0.25, 0.3) is 11.5 Å². The van der Waals surface area contributed by atoms with Crippen LogP contribution in [0.5, 0.6) is 0 Å². The van der Waals surface area contributed by atoms with Crippen molar-refractivity contribution in [2.75, 3.05) is 34.9 Å². The Bertz CT molecular complexity index is 1800. The second kappa shape index (κ2) is 23.1. The lowest BCUT2D eigenvalue weighted by atomic mass is 9.84. The molecule has 2 heterocycles. The lowest BCUT2D eigenvalue weighted by Crippen LogP contribution is -2.54. The molecule has 12 nitrogen and oxygen atoms in total. The number of methoxy groups -OCH3 is 2. The molecule has 0 saturated carbocycles. The molecular weight excluding hydrogens is 759 g/mol. The summed E-state index contributed by atoms with van der Waals surface area (Å²) < 4.78 is 18.4. The molecule has 0 radical (unpaired) electrons. The zero-order valence-electron chi connectivity index (χ0n) is 37.9. The van der Waals surface area contributed by atoms with E-state index in [0.717, 1.165) is 24.0 Å². The average molecular weight is 830 g/mol. The van der Waals surface area contributed by atoms with Gasteiger partial charge in [0.05, 0.1) is 36.8 Å². The number of nitrogens with zero attached hydrogens (tertiary/aromatic N) is 4. The molecule has 1 aromatic heterocycles. The molecule has 2 amide bonds. The van der Waals surface area contributed by atoms with E-state index in [4.69, 9.17) is 13.9 Å². The van der Waals surface area contributed by atoms with E-state index in [2.05, 4.69) is 29.4 Å². The minimum atomic E-state index is -0.596. The van der Waals surface area contributed by atoms with Crippen LogP contribution >= 0.6 is 0 Å². The van der Waals surface area contributed by atoms with Crippen molar-refractivity contribution in [3.05, 3.63) is 72.1 Å². The summed E-state index contributed by atoms with van der Waals surface area (Å²) in [5.74, 6) is -0.798. The van der Waals surface area contributed by atoms with Gasteiger partial charge in [-0.2, -0.15) is 0 Å².